The third-order valence-electron chi connectivity index (χ3n) is 4.65. The molecule has 1 aliphatic rings. The number of hydrogen-bond acceptors (Lipinski definition) is 5. The van der Waals surface area contributed by atoms with E-state index in [0.29, 0.717) is 16.5 Å². The second-order valence-corrected chi connectivity index (χ2v) is 7.18. The summed E-state index contributed by atoms with van der Waals surface area (Å²) in [5.74, 6) is 0.367. The molecule has 9 heteroatoms. The molecule has 4 rings (SSSR count). The van der Waals surface area contributed by atoms with Gasteiger partial charge in [0.25, 0.3) is 5.91 Å². The number of amides is 1. The van der Waals surface area contributed by atoms with Gasteiger partial charge in [-0.1, -0.05) is 11.6 Å². The highest BCUT2D eigenvalue weighted by atomic mass is 35.5. The zero-order chi connectivity index (χ0) is 19.0. The van der Waals surface area contributed by atoms with Gasteiger partial charge in [-0.05, 0) is 31.3 Å². The first kappa shape index (κ1) is 18.0. The number of halogens is 1. The molecule has 2 N–H and O–H groups in total. The Hall–Kier alpha value is -2.42. The molecular formula is C18H21ClN6O2. The number of nitrogens with zero attached hydrogens (tertiary/aromatic N) is 4. The maximum absolute atomic E-state index is 12.8. The van der Waals surface area contributed by atoms with Crippen LogP contribution >= 0.6 is 11.6 Å². The average Bonchev–Trinajstić information content (AvgIpc) is 3.24. The Kier molecular flexibility index (Phi) is 4.86. The molecule has 8 nitrogen and oxygen atoms in total. The lowest BCUT2D eigenvalue weighted by atomic mass is 10.2. The van der Waals surface area contributed by atoms with E-state index < -0.39 is 6.04 Å². The molecule has 3 aromatic rings. The number of ether oxygens (including phenoxy) is 1. The number of methoxy groups -OCH3 is 1. The van der Waals surface area contributed by atoms with Gasteiger partial charge in [0.1, 0.15) is 11.9 Å². The van der Waals surface area contributed by atoms with Crippen molar-refractivity contribution in [3.05, 3.63) is 46.5 Å². The largest absolute Gasteiger partial charge is 0.382 e. The molecule has 0 fully saturated rings. The average molecular weight is 389 g/mol. The van der Waals surface area contributed by atoms with Gasteiger partial charge in [0.15, 0.2) is 5.69 Å². The van der Waals surface area contributed by atoms with Crippen LogP contribution in [0.2, 0.25) is 5.02 Å². The van der Waals surface area contributed by atoms with Crippen LogP contribution in [0.15, 0.2) is 24.3 Å². The van der Waals surface area contributed by atoms with Crippen LogP contribution < -0.4 is 5.32 Å². The van der Waals surface area contributed by atoms with E-state index in [1.54, 1.807) is 19.2 Å². The van der Waals surface area contributed by atoms with Gasteiger partial charge in [0.05, 0.1) is 29.9 Å². The minimum Gasteiger partial charge on any atom is -0.382 e. The van der Waals surface area contributed by atoms with Gasteiger partial charge in [-0.2, -0.15) is 5.10 Å². The highest BCUT2D eigenvalue weighted by Crippen LogP contribution is 2.21. The minimum absolute atomic E-state index is 0.250. The standard InChI is InChI=1S/C18H21ClN6O2/c1-24-5-6-25-12(9-24)8-15(23-25)18(26)22-16(10-27-2)17-20-13-4-3-11(19)7-14(13)21-17/h3-4,7-8,16H,5-6,9-10H2,1-2H3,(H,20,21)(H,22,26)/t16-/m0/s1. The van der Waals surface area contributed by atoms with Crippen molar-refractivity contribution in [1.29, 1.82) is 0 Å². The Bertz CT molecular complexity index is 982. The molecule has 0 spiro atoms. The number of aromatic amines is 1. The maximum Gasteiger partial charge on any atom is 0.272 e. The smallest absolute Gasteiger partial charge is 0.272 e. The second-order valence-electron chi connectivity index (χ2n) is 6.75. The SMILES string of the molecule is COC[C@H](NC(=O)c1cc2n(n1)CCN(C)C2)c1nc2cc(Cl)ccc2[nH]1. The van der Waals surface area contributed by atoms with E-state index in [4.69, 9.17) is 16.3 Å². The van der Waals surface area contributed by atoms with E-state index in [-0.39, 0.29) is 12.5 Å². The lowest BCUT2D eigenvalue weighted by Crippen LogP contribution is -2.32. The van der Waals surface area contributed by atoms with Gasteiger partial charge in [-0.15, -0.1) is 0 Å². The van der Waals surface area contributed by atoms with E-state index in [9.17, 15) is 4.79 Å². The third-order valence-corrected chi connectivity index (χ3v) is 4.89. The number of hydrogen-bond donors (Lipinski definition) is 2. The molecule has 3 heterocycles. The molecule has 0 aliphatic carbocycles. The van der Waals surface area contributed by atoms with Crippen LogP contribution in [-0.4, -0.2) is 57.9 Å². The summed E-state index contributed by atoms with van der Waals surface area (Å²) in [6.07, 6.45) is 0. The summed E-state index contributed by atoms with van der Waals surface area (Å²) in [6.45, 7) is 2.77. The highest BCUT2D eigenvalue weighted by Gasteiger charge is 2.23. The van der Waals surface area contributed by atoms with Crippen molar-refractivity contribution >= 4 is 28.5 Å². The Morgan fingerprint density at radius 2 is 2.26 bits per heavy atom. The van der Waals surface area contributed by atoms with Gasteiger partial charge in [-0.25, -0.2) is 4.98 Å². The first-order valence-electron chi connectivity index (χ1n) is 8.73. The lowest BCUT2D eigenvalue weighted by molar-refractivity contribution is 0.0886. The molecule has 1 aliphatic heterocycles. The molecule has 1 amide bonds. The predicted octanol–water partition coefficient (Wildman–Crippen LogP) is 1.98. The number of aromatic nitrogens is 4. The monoisotopic (exact) mass is 388 g/mol. The molecule has 1 atom stereocenters. The molecule has 0 bridgehead atoms. The fourth-order valence-electron chi connectivity index (χ4n) is 3.26. The summed E-state index contributed by atoms with van der Waals surface area (Å²) in [5.41, 5.74) is 3.04. The minimum atomic E-state index is -0.421. The molecule has 27 heavy (non-hydrogen) atoms. The van der Waals surface area contributed by atoms with Gasteiger partial charge in [0.2, 0.25) is 0 Å². The van der Waals surface area contributed by atoms with E-state index >= 15 is 0 Å². The van der Waals surface area contributed by atoms with Crippen LogP contribution in [0.3, 0.4) is 0 Å². The normalized spacial score (nSPS) is 15.7. The number of likely N-dealkylation sites (N-methyl/N-ethyl adjacent to an activating group) is 1. The Morgan fingerprint density at radius 1 is 1.41 bits per heavy atom. The summed E-state index contributed by atoms with van der Waals surface area (Å²) in [5, 5.41) is 8.01. The van der Waals surface area contributed by atoms with Gasteiger partial charge >= 0.3 is 0 Å². The predicted molar refractivity (Wildman–Crippen MR) is 102 cm³/mol. The number of nitrogens with one attached hydrogen (secondary N) is 2. The number of rotatable bonds is 5. The zero-order valence-electron chi connectivity index (χ0n) is 15.2. The first-order valence-corrected chi connectivity index (χ1v) is 9.11. The molecule has 0 saturated heterocycles. The summed E-state index contributed by atoms with van der Waals surface area (Å²) < 4.78 is 7.17. The van der Waals surface area contributed by atoms with Crippen molar-refractivity contribution in [3.8, 4) is 0 Å². The highest BCUT2D eigenvalue weighted by molar-refractivity contribution is 6.31. The van der Waals surface area contributed by atoms with Gasteiger partial charge < -0.3 is 15.0 Å². The Balaban J connectivity index is 1.56. The number of carbonyl (C=O) groups is 1. The van der Waals surface area contributed by atoms with Crippen molar-refractivity contribution in [2.75, 3.05) is 27.3 Å². The van der Waals surface area contributed by atoms with Crippen LogP contribution in [0.25, 0.3) is 11.0 Å². The number of H-pyrrole nitrogens is 1. The fourth-order valence-corrected chi connectivity index (χ4v) is 3.43. The van der Waals surface area contributed by atoms with Crippen LogP contribution in [0.4, 0.5) is 0 Å². The summed E-state index contributed by atoms with van der Waals surface area (Å²) in [6, 6.07) is 6.85. The second kappa shape index (κ2) is 7.30. The summed E-state index contributed by atoms with van der Waals surface area (Å²) >= 11 is 6.03. The molecule has 142 valence electrons. The van der Waals surface area contributed by atoms with E-state index in [1.165, 1.54) is 0 Å². The fraction of sp³-hybridized carbons (Fsp3) is 0.389. The van der Waals surface area contributed by atoms with Crippen molar-refractivity contribution in [2.24, 2.45) is 0 Å². The zero-order valence-corrected chi connectivity index (χ0v) is 16.0. The maximum atomic E-state index is 12.8. The van der Waals surface area contributed by atoms with Crippen molar-refractivity contribution in [1.82, 2.24) is 30.0 Å². The van der Waals surface area contributed by atoms with Crippen molar-refractivity contribution in [2.45, 2.75) is 19.1 Å². The quantitative estimate of drug-likeness (QED) is 0.697. The number of carbonyl (C=O) groups excluding carboxylic acids is 1. The summed E-state index contributed by atoms with van der Waals surface area (Å²) in [4.78, 5) is 22.7. The number of imidazole rings is 1. The first-order chi connectivity index (χ1) is 13.0. The number of fused-ring (bicyclic) bond motifs is 2. The van der Waals surface area contributed by atoms with Crippen LogP contribution in [-0.2, 0) is 17.8 Å². The van der Waals surface area contributed by atoms with Crippen LogP contribution in [0, 0.1) is 0 Å². The van der Waals surface area contributed by atoms with Crippen LogP contribution in [0.1, 0.15) is 28.0 Å². The molecule has 0 unspecified atom stereocenters. The molecule has 0 radical (unpaired) electrons. The van der Waals surface area contributed by atoms with Gasteiger partial charge in [-0.3, -0.25) is 14.4 Å². The molecule has 2 aromatic heterocycles. The van der Waals surface area contributed by atoms with E-state index in [2.05, 4.69) is 32.3 Å². The Morgan fingerprint density at radius 3 is 3.07 bits per heavy atom. The molecular weight excluding hydrogens is 368 g/mol. The number of benzene rings is 1. The lowest BCUT2D eigenvalue weighted by Gasteiger charge is -2.22. The molecule has 0 saturated carbocycles. The van der Waals surface area contributed by atoms with Crippen LogP contribution in [0.5, 0.6) is 0 Å². The summed E-state index contributed by atoms with van der Waals surface area (Å²) in [7, 11) is 3.64. The molecule has 1 aromatic carbocycles. The Labute approximate surface area is 161 Å². The van der Waals surface area contributed by atoms with E-state index in [0.717, 1.165) is 36.4 Å². The third kappa shape index (κ3) is 3.69. The van der Waals surface area contributed by atoms with Gasteiger partial charge in [0, 0.05) is 25.2 Å². The van der Waals surface area contributed by atoms with E-state index in [1.807, 2.05) is 16.8 Å². The van der Waals surface area contributed by atoms with Crippen molar-refractivity contribution < 1.29 is 9.53 Å². The van der Waals surface area contributed by atoms with Crippen molar-refractivity contribution in [3.63, 3.8) is 0 Å². The topological polar surface area (TPSA) is 88.1 Å².